The number of fused-ring (bicyclic) bond motifs is 1. The summed E-state index contributed by atoms with van der Waals surface area (Å²) in [5, 5.41) is 23.9. The van der Waals surface area contributed by atoms with Gasteiger partial charge in [0.15, 0.2) is 0 Å². The molecule has 0 saturated heterocycles. The SMILES string of the molecule is CC(C)(C#N)C[C@H]1CNc2cc(N(C(=O)[O-])C(C)(C)C(C)(F)F)ccc2O1. The van der Waals surface area contributed by atoms with Crippen LogP contribution in [-0.4, -0.2) is 30.2 Å². The molecule has 148 valence electrons. The van der Waals surface area contributed by atoms with Crippen molar-refractivity contribution in [1.29, 1.82) is 5.26 Å². The van der Waals surface area contributed by atoms with Crippen LogP contribution in [0.5, 0.6) is 5.75 Å². The molecule has 1 heterocycles. The normalized spacial score (nSPS) is 17.2. The maximum atomic E-state index is 14.0. The van der Waals surface area contributed by atoms with Crippen LogP contribution >= 0.6 is 0 Å². The molecule has 1 aliphatic heterocycles. The summed E-state index contributed by atoms with van der Waals surface area (Å²) in [7, 11) is 0. The van der Waals surface area contributed by atoms with Gasteiger partial charge in [-0.3, -0.25) is 0 Å². The molecule has 0 aromatic heterocycles. The number of nitrogens with zero attached hydrogens (tertiary/aromatic N) is 2. The fourth-order valence-electron chi connectivity index (χ4n) is 2.92. The molecule has 0 spiro atoms. The first-order chi connectivity index (χ1) is 12.3. The number of rotatable bonds is 5. The molecule has 0 unspecified atom stereocenters. The third-order valence-corrected chi connectivity index (χ3v) is 4.89. The molecule has 1 N–H and O–H groups in total. The van der Waals surface area contributed by atoms with Gasteiger partial charge in [-0.05, 0) is 45.9 Å². The average molecular weight is 380 g/mol. The number of nitriles is 1. The first kappa shape index (κ1) is 20.7. The molecule has 27 heavy (non-hydrogen) atoms. The molecule has 0 saturated carbocycles. The quantitative estimate of drug-likeness (QED) is 0.846. The number of hydrogen-bond acceptors (Lipinski definition) is 5. The predicted octanol–water partition coefficient (Wildman–Crippen LogP) is 3.38. The Morgan fingerprint density at radius 1 is 1.37 bits per heavy atom. The number of halogens is 2. The molecule has 0 fully saturated rings. The van der Waals surface area contributed by atoms with E-state index in [4.69, 9.17) is 10.00 Å². The van der Waals surface area contributed by atoms with Crippen LogP contribution in [-0.2, 0) is 0 Å². The van der Waals surface area contributed by atoms with Crippen LogP contribution in [0, 0.1) is 16.7 Å². The number of carbonyl (C=O) groups is 1. The second-order valence-corrected chi connectivity index (χ2v) is 8.05. The van der Waals surface area contributed by atoms with E-state index < -0.39 is 23.0 Å². The number of benzene rings is 1. The van der Waals surface area contributed by atoms with Crippen LogP contribution in [0.1, 0.15) is 41.0 Å². The second kappa shape index (κ2) is 6.87. The van der Waals surface area contributed by atoms with Crippen molar-refractivity contribution in [1.82, 2.24) is 0 Å². The number of carbonyl (C=O) groups excluding carboxylic acids is 1. The zero-order valence-electron chi connectivity index (χ0n) is 16.1. The summed E-state index contributed by atoms with van der Waals surface area (Å²) in [5.41, 5.74) is -1.99. The van der Waals surface area contributed by atoms with Gasteiger partial charge < -0.3 is 24.9 Å². The van der Waals surface area contributed by atoms with Gasteiger partial charge in [0.25, 0.3) is 5.92 Å². The Bertz CT molecular complexity index is 766. The van der Waals surface area contributed by atoms with Gasteiger partial charge in [-0.25, -0.2) is 8.78 Å². The predicted molar refractivity (Wildman–Crippen MR) is 95.9 cm³/mol. The minimum atomic E-state index is -3.29. The summed E-state index contributed by atoms with van der Waals surface area (Å²) in [6, 6.07) is 6.61. The summed E-state index contributed by atoms with van der Waals surface area (Å²) < 4.78 is 33.8. The van der Waals surface area contributed by atoms with Gasteiger partial charge >= 0.3 is 0 Å². The summed E-state index contributed by atoms with van der Waals surface area (Å²) in [5.74, 6) is -2.82. The first-order valence-corrected chi connectivity index (χ1v) is 8.63. The van der Waals surface area contributed by atoms with E-state index in [-0.39, 0.29) is 11.8 Å². The Balaban J connectivity index is 2.31. The third kappa shape index (κ3) is 4.24. The molecule has 1 aliphatic rings. The highest BCUT2D eigenvalue weighted by Crippen LogP contribution is 2.40. The Morgan fingerprint density at radius 2 is 2.00 bits per heavy atom. The van der Waals surface area contributed by atoms with Crippen LogP contribution < -0.4 is 20.1 Å². The fourth-order valence-corrected chi connectivity index (χ4v) is 2.92. The van der Waals surface area contributed by atoms with E-state index in [1.165, 1.54) is 18.2 Å². The van der Waals surface area contributed by atoms with E-state index in [1.807, 2.05) is 13.8 Å². The molecule has 1 aromatic carbocycles. The van der Waals surface area contributed by atoms with Crippen LogP contribution in [0.15, 0.2) is 18.2 Å². The molecule has 6 nitrogen and oxygen atoms in total. The van der Waals surface area contributed by atoms with Crippen LogP contribution in [0.25, 0.3) is 0 Å². The lowest BCUT2D eigenvalue weighted by Crippen LogP contribution is -2.61. The highest BCUT2D eigenvalue weighted by molar-refractivity contribution is 5.88. The first-order valence-electron chi connectivity index (χ1n) is 8.63. The molecular weight excluding hydrogens is 356 g/mol. The molecule has 0 bridgehead atoms. The van der Waals surface area contributed by atoms with E-state index in [0.717, 1.165) is 13.8 Å². The molecule has 1 atom stereocenters. The molecule has 0 aliphatic carbocycles. The molecule has 1 aromatic rings. The molecular formula is C19H24F2N3O3-. The number of nitrogens with one attached hydrogen (secondary N) is 1. The molecule has 8 heteroatoms. The summed E-state index contributed by atoms with van der Waals surface area (Å²) in [4.78, 5) is 12.2. The highest BCUT2D eigenvalue weighted by atomic mass is 19.3. The van der Waals surface area contributed by atoms with Gasteiger partial charge in [-0.2, -0.15) is 5.26 Å². The van der Waals surface area contributed by atoms with Crippen LogP contribution in [0.3, 0.4) is 0 Å². The van der Waals surface area contributed by atoms with Crippen molar-refractivity contribution >= 4 is 17.5 Å². The van der Waals surface area contributed by atoms with Crippen molar-refractivity contribution in [2.24, 2.45) is 5.41 Å². The lowest BCUT2D eigenvalue weighted by atomic mass is 9.88. The van der Waals surface area contributed by atoms with E-state index >= 15 is 0 Å². The van der Waals surface area contributed by atoms with Crippen molar-refractivity contribution in [3.05, 3.63) is 18.2 Å². The molecule has 1 amide bonds. The largest absolute Gasteiger partial charge is 0.530 e. The average Bonchev–Trinajstić information content (AvgIpc) is 2.53. The van der Waals surface area contributed by atoms with E-state index in [1.54, 1.807) is 0 Å². The Hall–Kier alpha value is -2.56. The van der Waals surface area contributed by atoms with E-state index in [0.29, 0.717) is 36.2 Å². The molecule has 2 rings (SSSR count). The number of carboxylic acid groups (broad SMARTS) is 1. The van der Waals surface area contributed by atoms with Crippen molar-refractivity contribution in [3.8, 4) is 11.8 Å². The highest BCUT2D eigenvalue weighted by Gasteiger charge is 2.47. The zero-order valence-corrected chi connectivity index (χ0v) is 16.1. The van der Waals surface area contributed by atoms with Gasteiger partial charge in [0, 0.05) is 19.0 Å². The number of ether oxygens (including phenoxy) is 1. The summed E-state index contributed by atoms with van der Waals surface area (Å²) in [6.45, 7) is 7.02. The van der Waals surface area contributed by atoms with Crippen molar-refractivity contribution in [3.63, 3.8) is 0 Å². The van der Waals surface area contributed by atoms with Gasteiger partial charge in [0.05, 0.1) is 23.7 Å². The Labute approximate surface area is 157 Å². The van der Waals surface area contributed by atoms with Crippen molar-refractivity contribution in [2.45, 2.75) is 58.6 Å². The maximum Gasteiger partial charge on any atom is 0.267 e. The minimum absolute atomic E-state index is 0.0622. The van der Waals surface area contributed by atoms with Crippen LogP contribution in [0.4, 0.5) is 25.0 Å². The Kier molecular flexibility index (Phi) is 5.28. The van der Waals surface area contributed by atoms with E-state index in [2.05, 4.69) is 11.4 Å². The summed E-state index contributed by atoms with van der Waals surface area (Å²) >= 11 is 0. The van der Waals surface area contributed by atoms with Crippen LogP contribution in [0.2, 0.25) is 0 Å². The van der Waals surface area contributed by atoms with Gasteiger partial charge in [0.1, 0.15) is 23.5 Å². The van der Waals surface area contributed by atoms with Crippen molar-refractivity contribution < 1.29 is 23.4 Å². The van der Waals surface area contributed by atoms with E-state index in [9.17, 15) is 18.7 Å². The lowest BCUT2D eigenvalue weighted by molar-refractivity contribution is -0.250. The number of hydrogen-bond donors (Lipinski definition) is 1. The van der Waals surface area contributed by atoms with Gasteiger partial charge in [0.2, 0.25) is 0 Å². The zero-order chi connectivity index (χ0) is 20.6. The fraction of sp³-hybridized carbons (Fsp3) is 0.579. The van der Waals surface area contributed by atoms with Gasteiger partial charge in [-0.1, -0.05) is 0 Å². The van der Waals surface area contributed by atoms with Crippen molar-refractivity contribution in [2.75, 3.05) is 16.8 Å². The maximum absolute atomic E-state index is 14.0. The van der Waals surface area contributed by atoms with Gasteiger partial charge in [-0.15, -0.1) is 0 Å². The number of amides is 1. The molecule has 0 radical (unpaired) electrons. The monoisotopic (exact) mass is 380 g/mol. The Morgan fingerprint density at radius 3 is 2.52 bits per heavy atom. The number of alkyl halides is 2. The number of anilines is 2. The smallest absolute Gasteiger partial charge is 0.267 e. The minimum Gasteiger partial charge on any atom is -0.530 e. The topological polar surface area (TPSA) is 88.4 Å². The third-order valence-electron chi connectivity index (χ3n) is 4.89. The second-order valence-electron chi connectivity index (χ2n) is 8.05. The lowest BCUT2D eigenvalue weighted by Gasteiger charge is -2.44. The summed E-state index contributed by atoms with van der Waals surface area (Å²) in [6.07, 6.45) is -1.43. The standard InChI is InChI=1S/C19H25F2N3O3/c1-17(2,11-22)9-13-10-23-14-8-12(6-7-15(14)27-13)24(16(25)26)18(3,4)19(5,20)21/h6-8,13,23H,9-10H2,1-5H3,(H,25,26)/p-1/t13-/m0/s1.